The molecule has 0 aliphatic heterocycles. The molecule has 0 unspecified atom stereocenters. The zero-order valence-electron chi connectivity index (χ0n) is 17.5. The largest absolute Gasteiger partial charge is 0.349 e. The average Bonchev–Trinajstić information content (AvgIpc) is 2.64. The van der Waals surface area contributed by atoms with Crippen molar-refractivity contribution in [1.29, 1.82) is 0 Å². The molecule has 1 N–H and O–H groups in total. The van der Waals surface area contributed by atoms with E-state index >= 15 is 0 Å². The first-order valence-electron chi connectivity index (χ1n) is 9.62. The van der Waals surface area contributed by atoms with Crippen LogP contribution in [0.3, 0.4) is 0 Å². The van der Waals surface area contributed by atoms with E-state index in [1.165, 1.54) is 6.07 Å². The van der Waals surface area contributed by atoms with Crippen molar-refractivity contribution < 1.29 is 17.6 Å². The molecule has 0 aliphatic carbocycles. The Morgan fingerprint density at radius 1 is 1.00 bits per heavy atom. The minimum Gasteiger partial charge on any atom is -0.349 e. The Hall–Kier alpha value is -2.41. The molecule has 2 aromatic carbocycles. The maximum atomic E-state index is 14.0. The highest BCUT2D eigenvalue weighted by Crippen LogP contribution is 2.23. The summed E-state index contributed by atoms with van der Waals surface area (Å²) in [6, 6.07) is 12.4. The van der Waals surface area contributed by atoms with E-state index in [2.05, 4.69) is 33.0 Å². The molecule has 29 heavy (non-hydrogen) atoms. The summed E-state index contributed by atoms with van der Waals surface area (Å²) in [5.41, 5.74) is 1.09. The van der Waals surface area contributed by atoms with E-state index in [0.29, 0.717) is 23.1 Å². The van der Waals surface area contributed by atoms with E-state index in [1.54, 1.807) is 42.5 Å². The number of benzene rings is 2. The number of halogens is 1. The van der Waals surface area contributed by atoms with E-state index in [4.69, 9.17) is 0 Å². The van der Waals surface area contributed by atoms with E-state index in [9.17, 15) is 17.6 Å². The first kappa shape index (κ1) is 22.9. The number of carbonyl (C=O) groups excluding carboxylic acids is 1. The van der Waals surface area contributed by atoms with Crippen molar-refractivity contribution >= 4 is 21.6 Å². The lowest BCUT2D eigenvalue weighted by Crippen LogP contribution is -2.42. The Morgan fingerprint density at radius 2 is 1.55 bits per heavy atom. The van der Waals surface area contributed by atoms with Gasteiger partial charge in [-0.3, -0.25) is 9.10 Å². The number of hydrogen-bond acceptors (Lipinski definition) is 3. The second kappa shape index (κ2) is 9.39. The second-order valence-corrected chi connectivity index (χ2v) is 9.80. The van der Waals surface area contributed by atoms with E-state index in [0.717, 1.165) is 10.6 Å². The summed E-state index contributed by atoms with van der Waals surface area (Å²) in [5.74, 6) is -0.0889. The molecule has 0 heterocycles. The third kappa shape index (κ3) is 6.03. The Balaban J connectivity index is 2.25. The lowest BCUT2D eigenvalue weighted by Gasteiger charge is -2.26. The Bertz CT molecular complexity index is 933. The smallest absolute Gasteiger partial charge is 0.251 e. The van der Waals surface area contributed by atoms with Crippen molar-refractivity contribution in [2.24, 2.45) is 11.8 Å². The minimum atomic E-state index is -3.64. The molecule has 0 aromatic heterocycles. The average molecular weight is 421 g/mol. The molecule has 0 atom stereocenters. The van der Waals surface area contributed by atoms with Crippen LogP contribution >= 0.6 is 0 Å². The van der Waals surface area contributed by atoms with Crippen molar-refractivity contribution in [2.75, 3.05) is 10.6 Å². The summed E-state index contributed by atoms with van der Waals surface area (Å²) >= 11 is 0. The van der Waals surface area contributed by atoms with Crippen LogP contribution in [0.4, 0.5) is 10.1 Å². The van der Waals surface area contributed by atoms with Gasteiger partial charge in [0.15, 0.2) is 0 Å². The van der Waals surface area contributed by atoms with Crippen LogP contribution in [0, 0.1) is 17.7 Å². The van der Waals surface area contributed by atoms with Crippen LogP contribution in [0.25, 0.3) is 0 Å². The van der Waals surface area contributed by atoms with E-state index < -0.39 is 15.8 Å². The van der Waals surface area contributed by atoms with E-state index in [-0.39, 0.29) is 24.1 Å². The van der Waals surface area contributed by atoms with Crippen molar-refractivity contribution in [3.63, 3.8) is 0 Å². The second-order valence-electron chi connectivity index (χ2n) is 7.90. The molecule has 0 radical (unpaired) electrons. The first-order chi connectivity index (χ1) is 13.5. The molecule has 0 bridgehead atoms. The summed E-state index contributed by atoms with van der Waals surface area (Å²) in [4.78, 5) is 12.6. The topological polar surface area (TPSA) is 66.5 Å². The van der Waals surface area contributed by atoms with Gasteiger partial charge in [0, 0.05) is 17.2 Å². The van der Waals surface area contributed by atoms with Gasteiger partial charge in [-0.05, 0) is 42.2 Å². The van der Waals surface area contributed by atoms with Crippen molar-refractivity contribution in [1.82, 2.24) is 5.32 Å². The van der Waals surface area contributed by atoms with Crippen LogP contribution in [0.15, 0.2) is 48.5 Å². The summed E-state index contributed by atoms with van der Waals surface area (Å²) in [6.07, 6.45) is 1.07. The lowest BCUT2D eigenvalue weighted by molar-refractivity contribution is 0.0910. The number of anilines is 1. The fourth-order valence-electron chi connectivity index (χ4n) is 3.30. The highest BCUT2D eigenvalue weighted by atomic mass is 32.2. The number of rotatable bonds is 8. The highest BCUT2D eigenvalue weighted by molar-refractivity contribution is 7.92. The van der Waals surface area contributed by atoms with E-state index in [1.807, 2.05) is 0 Å². The summed E-state index contributed by atoms with van der Waals surface area (Å²) in [6.45, 7) is 8.10. The highest BCUT2D eigenvalue weighted by Gasteiger charge is 2.22. The normalized spacial score (nSPS) is 11.9. The lowest BCUT2D eigenvalue weighted by atomic mass is 9.93. The van der Waals surface area contributed by atoms with Crippen LogP contribution in [-0.4, -0.2) is 26.6 Å². The molecule has 2 aromatic rings. The standard InChI is InChI=1S/C22H29FN2O3S/c1-15(2)21(16(3)4)24-22(26)17-10-12-19(13-11-17)25(29(5,27)28)14-18-8-6-7-9-20(18)23/h6-13,15-16,21H,14H2,1-5H3,(H,24,26). The summed E-state index contributed by atoms with van der Waals surface area (Å²) in [7, 11) is -3.64. The molecule has 5 nitrogen and oxygen atoms in total. The molecule has 0 fully saturated rings. The molecule has 1 amide bonds. The zero-order valence-corrected chi connectivity index (χ0v) is 18.3. The maximum Gasteiger partial charge on any atom is 0.251 e. The fourth-order valence-corrected chi connectivity index (χ4v) is 4.18. The molecule has 2 rings (SSSR count). The molecular formula is C22H29FN2O3S. The molecule has 158 valence electrons. The molecular weight excluding hydrogens is 391 g/mol. The van der Waals surface area contributed by atoms with Crippen LogP contribution in [0.1, 0.15) is 43.6 Å². The molecule has 7 heteroatoms. The number of hydrogen-bond donors (Lipinski definition) is 1. The SMILES string of the molecule is CC(C)C(NC(=O)c1ccc(N(Cc2ccccc2F)S(C)(=O)=O)cc1)C(C)C. The third-order valence-corrected chi connectivity index (χ3v) is 5.96. The van der Waals surface area contributed by atoms with Crippen molar-refractivity contribution in [2.45, 2.75) is 40.3 Å². The van der Waals surface area contributed by atoms with Gasteiger partial charge in [-0.15, -0.1) is 0 Å². The Labute approximate surface area is 173 Å². The number of sulfonamides is 1. The van der Waals surface area contributed by atoms with Crippen molar-refractivity contribution in [3.8, 4) is 0 Å². The van der Waals surface area contributed by atoms with Gasteiger partial charge in [0.2, 0.25) is 10.0 Å². The summed E-state index contributed by atoms with van der Waals surface area (Å²) < 4.78 is 39.7. The molecule has 0 saturated heterocycles. The van der Waals surface area contributed by atoms with Gasteiger partial charge >= 0.3 is 0 Å². The maximum absolute atomic E-state index is 14.0. The predicted molar refractivity (Wildman–Crippen MR) is 115 cm³/mol. The van der Waals surface area contributed by atoms with Crippen LogP contribution in [0.2, 0.25) is 0 Å². The van der Waals surface area contributed by atoms with Gasteiger partial charge in [-0.2, -0.15) is 0 Å². The van der Waals surface area contributed by atoms with Crippen LogP contribution in [-0.2, 0) is 16.6 Å². The van der Waals surface area contributed by atoms with Crippen LogP contribution < -0.4 is 9.62 Å². The van der Waals surface area contributed by atoms with Gasteiger partial charge in [0.25, 0.3) is 5.91 Å². The van der Waals surface area contributed by atoms with Gasteiger partial charge < -0.3 is 5.32 Å². The van der Waals surface area contributed by atoms with Gasteiger partial charge in [0.1, 0.15) is 5.82 Å². The number of carbonyl (C=O) groups is 1. The van der Waals surface area contributed by atoms with Gasteiger partial charge in [-0.1, -0.05) is 45.9 Å². The number of nitrogens with one attached hydrogen (secondary N) is 1. The Kier molecular flexibility index (Phi) is 7.41. The van der Waals surface area contributed by atoms with Gasteiger partial charge in [-0.25, -0.2) is 12.8 Å². The molecule has 0 aliphatic rings. The summed E-state index contributed by atoms with van der Waals surface area (Å²) in [5, 5.41) is 3.04. The monoisotopic (exact) mass is 420 g/mol. The minimum absolute atomic E-state index is 0.0377. The first-order valence-corrected chi connectivity index (χ1v) is 11.5. The van der Waals surface area contributed by atoms with Crippen LogP contribution in [0.5, 0.6) is 0 Å². The Morgan fingerprint density at radius 3 is 2.03 bits per heavy atom. The number of amides is 1. The number of nitrogens with zero attached hydrogens (tertiary/aromatic N) is 1. The quantitative estimate of drug-likeness (QED) is 0.696. The predicted octanol–water partition coefficient (Wildman–Crippen LogP) is 4.20. The molecule has 0 saturated carbocycles. The van der Waals surface area contributed by atoms with Gasteiger partial charge in [0.05, 0.1) is 18.5 Å². The zero-order chi connectivity index (χ0) is 21.8. The fraction of sp³-hybridized carbons (Fsp3) is 0.409. The van der Waals surface area contributed by atoms with Crippen molar-refractivity contribution in [3.05, 3.63) is 65.5 Å². The third-order valence-electron chi connectivity index (χ3n) is 4.82. The molecule has 0 spiro atoms.